The number of carbonyl (C=O) groups is 1. The SMILES string of the molecule is Cc1[nH]n(-c2ccccc2)c(=O)c1C=NNC(=O)c1cncc(Br)c1. The number of aromatic nitrogens is 3. The van der Waals surface area contributed by atoms with Crippen LogP contribution in [-0.4, -0.2) is 26.9 Å². The fraction of sp³-hybridized carbons (Fsp3) is 0.0588. The molecule has 0 aliphatic carbocycles. The summed E-state index contributed by atoms with van der Waals surface area (Å²) in [6, 6.07) is 10.8. The lowest BCUT2D eigenvalue weighted by atomic mass is 10.3. The quantitative estimate of drug-likeness (QED) is 0.521. The summed E-state index contributed by atoms with van der Waals surface area (Å²) < 4.78 is 2.12. The third-order valence-electron chi connectivity index (χ3n) is 3.46. The zero-order valence-electron chi connectivity index (χ0n) is 13.2. The summed E-state index contributed by atoms with van der Waals surface area (Å²) in [5.41, 5.74) is 4.24. The van der Waals surface area contributed by atoms with Crippen molar-refractivity contribution in [2.45, 2.75) is 6.92 Å². The fourth-order valence-electron chi connectivity index (χ4n) is 2.23. The molecule has 0 atom stereocenters. The van der Waals surface area contributed by atoms with Gasteiger partial charge in [0.1, 0.15) is 0 Å². The smallest absolute Gasteiger partial charge is 0.280 e. The zero-order valence-corrected chi connectivity index (χ0v) is 14.8. The van der Waals surface area contributed by atoms with Gasteiger partial charge in [0.15, 0.2) is 0 Å². The zero-order chi connectivity index (χ0) is 17.8. The predicted octanol–water partition coefficient (Wildman–Crippen LogP) is 2.40. The van der Waals surface area contributed by atoms with E-state index in [9.17, 15) is 9.59 Å². The molecule has 25 heavy (non-hydrogen) atoms. The Morgan fingerprint density at radius 3 is 2.80 bits per heavy atom. The number of aromatic amines is 1. The van der Waals surface area contributed by atoms with Gasteiger partial charge in [0, 0.05) is 22.6 Å². The van der Waals surface area contributed by atoms with E-state index >= 15 is 0 Å². The standard InChI is InChI=1S/C17H14BrN5O2/c1-11-15(17(25)23(22-11)14-5-3-2-4-6-14)10-20-21-16(24)12-7-13(18)9-19-8-12/h2-10,22H,1H3,(H,21,24). The number of H-pyrrole nitrogens is 1. The van der Waals surface area contributed by atoms with Crippen molar-refractivity contribution >= 4 is 28.1 Å². The Kier molecular flexibility index (Phi) is 4.90. The lowest BCUT2D eigenvalue weighted by Crippen LogP contribution is -2.20. The summed E-state index contributed by atoms with van der Waals surface area (Å²) >= 11 is 3.25. The van der Waals surface area contributed by atoms with Gasteiger partial charge in [0.2, 0.25) is 0 Å². The molecule has 0 spiro atoms. The van der Waals surface area contributed by atoms with Gasteiger partial charge in [-0.1, -0.05) is 18.2 Å². The molecule has 1 amide bonds. The van der Waals surface area contributed by atoms with Crippen molar-refractivity contribution < 1.29 is 4.79 Å². The molecule has 126 valence electrons. The Morgan fingerprint density at radius 2 is 2.08 bits per heavy atom. The van der Waals surface area contributed by atoms with Crippen molar-refractivity contribution in [2.24, 2.45) is 5.10 Å². The van der Waals surface area contributed by atoms with Crippen LogP contribution in [0.2, 0.25) is 0 Å². The minimum absolute atomic E-state index is 0.245. The van der Waals surface area contributed by atoms with Gasteiger partial charge < -0.3 is 0 Å². The maximum Gasteiger partial charge on any atom is 0.280 e. The monoisotopic (exact) mass is 399 g/mol. The first-order valence-electron chi connectivity index (χ1n) is 7.37. The molecule has 0 radical (unpaired) electrons. The van der Waals surface area contributed by atoms with E-state index in [0.29, 0.717) is 21.3 Å². The van der Waals surface area contributed by atoms with Crippen LogP contribution >= 0.6 is 15.9 Å². The second-order valence-corrected chi connectivity index (χ2v) is 6.13. The summed E-state index contributed by atoms with van der Waals surface area (Å²) in [6.45, 7) is 1.77. The van der Waals surface area contributed by atoms with Gasteiger partial charge in [0.25, 0.3) is 11.5 Å². The lowest BCUT2D eigenvalue weighted by Gasteiger charge is -1.99. The summed E-state index contributed by atoms with van der Waals surface area (Å²) in [7, 11) is 0. The number of nitrogens with one attached hydrogen (secondary N) is 2. The number of hydrazone groups is 1. The van der Waals surface area contributed by atoms with Gasteiger partial charge in [-0.25, -0.2) is 10.1 Å². The van der Waals surface area contributed by atoms with Gasteiger partial charge in [-0.15, -0.1) is 0 Å². The molecule has 7 nitrogen and oxygen atoms in total. The van der Waals surface area contributed by atoms with Crippen LogP contribution < -0.4 is 11.0 Å². The number of amides is 1. The molecule has 0 saturated heterocycles. The lowest BCUT2D eigenvalue weighted by molar-refractivity contribution is 0.0954. The van der Waals surface area contributed by atoms with Crippen LogP contribution in [0.1, 0.15) is 21.6 Å². The van der Waals surface area contributed by atoms with E-state index in [-0.39, 0.29) is 5.56 Å². The van der Waals surface area contributed by atoms with E-state index in [1.807, 2.05) is 30.3 Å². The number of pyridine rings is 1. The van der Waals surface area contributed by atoms with Crippen LogP contribution in [0.5, 0.6) is 0 Å². The fourth-order valence-corrected chi connectivity index (χ4v) is 2.59. The molecule has 1 aromatic carbocycles. The first kappa shape index (κ1) is 16.8. The molecule has 3 rings (SSSR count). The van der Waals surface area contributed by atoms with Gasteiger partial charge in [-0.05, 0) is 41.1 Å². The number of para-hydroxylation sites is 1. The van der Waals surface area contributed by atoms with Crippen molar-refractivity contribution in [3.05, 3.63) is 80.4 Å². The Bertz CT molecular complexity index is 992. The van der Waals surface area contributed by atoms with Gasteiger partial charge in [-0.2, -0.15) is 5.10 Å². The molecule has 0 aliphatic heterocycles. The first-order chi connectivity index (χ1) is 12.1. The number of aryl methyl sites for hydroxylation is 1. The molecule has 0 fully saturated rings. The molecule has 8 heteroatoms. The average molecular weight is 400 g/mol. The topological polar surface area (TPSA) is 92.1 Å². The summed E-state index contributed by atoms with van der Waals surface area (Å²) in [6.07, 6.45) is 4.34. The highest BCUT2D eigenvalue weighted by molar-refractivity contribution is 9.10. The van der Waals surface area contributed by atoms with Crippen LogP contribution in [0, 0.1) is 6.92 Å². The van der Waals surface area contributed by atoms with Crippen molar-refractivity contribution in [2.75, 3.05) is 0 Å². The van der Waals surface area contributed by atoms with Gasteiger partial charge in [-0.3, -0.25) is 19.7 Å². The largest absolute Gasteiger partial charge is 0.295 e. The number of halogens is 1. The van der Waals surface area contributed by atoms with Crippen LogP contribution in [0.25, 0.3) is 5.69 Å². The van der Waals surface area contributed by atoms with E-state index < -0.39 is 5.91 Å². The summed E-state index contributed by atoms with van der Waals surface area (Å²) in [5.74, 6) is -0.415. The van der Waals surface area contributed by atoms with Crippen LogP contribution in [0.15, 0.2) is 63.2 Å². The molecular weight excluding hydrogens is 386 g/mol. The van der Waals surface area contributed by atoms with Crippen molar-refractivity contribution in [1.82, 2.24) is 20.2 Å². The molecule has 0 saturated carbocycles. The first-order valence-corrected chi connectivity index (χ1v) is 8.16. The average Bonchev–Trinajstić information content (AvgIpc) is 2.90. The van der Waals surface area contributed by atoms with E-state index in [1.54, 1.807) is 19.2 Å². The second-order valence-electron chi connectivity index (χ2n) is 5.22. The Labute approximate surface area is 151 Å². The molecule has 0 unspecified atom stereocenters. The molecule has 2 aromatic heterocycles. The van der Waals surface area contributed by atoms with E-state index in [2.05, 4.69) is 36.5 Å². The number of benzene rings is 1. The number of hydrogen-bond donors (Lipinski definition) is 2. The number of carbonyl (C=O) groups excluding carboxylic acids is 1. The van der Waals surface area contributed by atoms with Gasteiger partial charge in [0.05, 0.1) is 23.0 Å². The molecule has 0 bridgehead atoms. The summed E-state index contributed by atoms with van der Waals surface area (Å²) in [5, 5.41) is 6.87. The second kappa shape index (κ2) is 7.27. The molecule has 2 heterocycles. The minimum atomic E-state index is -0.415. The number of hydrogen-bond acceptors (Lipinski definition) is 4. The van der Waals surface area contributed by atoms with Crippen LogP contribution in [-0.2, 0) is 0 Å². The Balaban J connectivity index is 1.79. The molecule has 3 aromatic rings. The van der Waals surface area contributed by atoms with E-state index in [0.717, 1.165) is 5.69 Å². The van der Waals surface area contributed by atoms with E-state index in [1.165, 1.54) is 17.1 Å². The van der Waals surface area contributed by atoms with Crippen molar-refractivity contribution in [1.29, 1.82) is 0 Å². The molecule has 2 N–H and O–H groups in total. The van der Waals surface area contributed by atoms with Crippen molar-refractivity contribution in [3.8, 4) is 5.69 Å². The highest BCUT2D eigenvalue weighted by atomic mass is 79.9. The third-order valence-corrected chi connectivity index (χ3v) is 3.89. The predicted molar refractivity (Wildman–Crippen MR) is 98.1 cm³/mol. The molecular formula is C17H14BrN5O2. The normalized spacial score (nSPS) is 11.0. The minimum Gasteiger partial charge on any atom is -0.295 e. The van der Waals surface area contributed by atoms with Crippen molar-refractivity contribution in [3.63, 3.8) is 0 Å². The van der Waals surface area contributed by atoms with Crippen LogP contribution in [0.4, 0.5) is 0 Å². The highest BCUT2D eigenvalue weighted by Gasteiger charge is 2.11. The number of nitrogens with zero attached hydrogens (tertiary/aromatic N) is 3. The van der Waals surface area contributed by atoms with Gasteiger partial charge >= 0.3 is 0 Å². The number of rotatable bonds is 4. The third kappa shape index (κ3) is 3.74. The van der Waals surface area contributed by atoms with E-state index in [4.69, 9.17) is 0 Å². The maximum absolute atomic E-state index is 12.5. The summed E-state index contributed by atoms with van der Waals surface area (Å²) in [4.78, 5) is 28.4. The Hall–Kier alpha value is -3.00. The maximum atomic E-state index is 12.5. The molecule has 0 aliphatic rings. The van der Waals surface area contributed by atoms with Crippen LogP contribution in [0.3, 0.4) is 0 Å². The highest BCUT2D eigenvalue weighted by Crippen LogP contribution is 2.09. The Morgan fingerprint density at radius 1 is 1.32 bits per heavy atom.